The summed E-state index contributed by atoms with van der Waals surface area (Å²) < 4.78 is 0. The third-order valence-electron chi connectivity index (χ3n) is 4.60. The summed E-state index contributed by atoms with van der Waals surface area (Å²) in [7, 11) is 0. The van der Waals surface area contributed by atoms with Gasteiger partial charge < -0.3 is 5.32 Å². The van der Waals surface area contributed by atoms with Crippen molar-refractivity contribution in [2.24, 2.45) is 5.92 Å². The van der Waals surface area contributed by atoms with Gasteiger partial charge in [-0.25, -0.2) is 0 Å². The highest BCUT2D eigenvalue weighted by Crippen LogP contribution is 2.22. The third kappa shape index (κ3) is 4.94. The maximum absolute atomic E-state index is 3.75. The molecule has 2 atom stereocenters. The van der Waals surface area contributed by atoms with Crippen molar-refractivity contribution >= 4 is 0 Å². The molecule has 1 heteroatoms. The summed E-state index contributed by atoms with van der Waals surface area (Å²) in [5.74, 6) is 0.823. The van der Waals surface area contributed by atoms with Crippen LogP contribution in [0.3, 0.4) is 0 Å². The SMILES string of the molecule is CCCCC(CC)CNC(C)c1cc(C)c(C)cc1C. The number of nitrogens with one attached hydrogen (secondary N) is 1. The molecule has 0 aliphatic carbocycles. The Morgan fingerprint density at radius 2 is 1.65 bits per heavy atom. The summed E-state index contributed by atoms with van der Waals surface area (Å²) in [4.78, 5) is 0. The molecule has 0 fully saturated rings. The number of hydrogen-bond acceptors (Lipinski definition) is 1. The van der Waals surface area contributed by atoms with Crippen LogP contribution in [0.15, 0.2) is 12.1 Å². The predicted molar refractivity (Wildman–Crippen MR) is 90.4 cm³/mol. The van der Waals surface area contributed by atoms with E-state index in [0.717, 1.165) is 12.5 Å². The van der Waals surface area contributed by atoms with Crippen LogP contribution in [0.25, 0.3) is 0 Å². The van der Waals surface area contributed by atoms with Crippen LogP contribution in [0, 0.1) is 26.7 Å². The molecule has 0 bridgehead atoms. The molecule has 0 amide bonds. The Bertz CT molecular complexity index is 408. The van der Waals surface area contributed by atoms with Gasteiger partial charge in [-0.1, -0.05) is 45.2 Å². The number of aryl methyl sites for hydroxylation is 3. The molecule has 0 aromatic heterocycles. The normalized spacial score (nSPS) is 14.3. The van der Waals surface area contributed by atoms with Crippen LogP contribution in [0.1, 0.15) is 74.8 Å². The molecule has 0 radical (unpaired) electrons. The van der Waals surface area contributed by atoms with Gasteiger partial charge in [0.05, 0.1) is 0 Å². The van der Waals surface area contributed by atoms with Crippen LogP contribution in [-0.4, -0.2) is 6.54 Å². The van der Waals surface area contributed by atoms with Crippen LogP contribution < -0.4 is 5.32 Å². The summed E-state index contributed by atoms with van der Waals surface area (Å²) in [6.45, 7) is 14.7. The average Bonchev–Trinajstić information content (AvgIpc) is 2.42. The lowest BCUT2D eigenvalue weighted by Crippen LogP contribution is -2.26. The summed E-state index contributed by atoms with van der Waals surface area (Å²) in [5, 5.41) is 3.75. The fourth-order valence-electron chi connectivity index (χ4n) is 2.85. The van der Waals surface area contributed by atoms with Crippen molar-refractivity contribution in [3.05, 3.63) is 34.4 Å². The van der Waals surface area contributed by atoms with Gasteiger partial charge in [-0.3, -0.25) is 0 Å². The Labute approximate surface area is 126 Å². The molecule has 1 nitrogen and oxygen atoms in total. The molecule has 0 aliphatic rings. The molecule has 1 aromatic rings. The van der Waals surface area contributed by atoms with Crippen molar-refractivity contribution in [2.45, 2.75) is 73.3 Å². The van der Waals surface area contributed by atoms with Crippen LogP contribution >= 0.6 is 0 Å². The van der Waals surface area contributed by atoms with E-state index in [1.54, 1.807) is 0 Å². The van der Waals surface area contributed by atoms with E-state index in [0.29, 0.717) is 6.04 Å². The molecule has 1 aromatic carbocycles. The smallest absolute Gasteiger partial charge is 0.0294 e. The first-order chi connectivity index (χ1) is 9.49. The van der Waals surface area contributed by atoms with Crippen molar-refractivity contribution in [1.82, 2.24) is 5.32 Å². The molecule has 1 rings (SSSR count). The van der Waals surface area contributed by atoms with Gasteiger partial charge in [0, 0.05) is 6.04 Å². The van der Waals surface area contributed by atoms with Crippen molar-refractivity contribution < 1.29 is 0 Å². The lowest BCUT2D eigenvalue weighted by molar-refractivity contribution is 0.398. The van der Waals surface area contributed by atoms with Crippen molar-refractivity contribution in [1.29, 1.82) is 0 Å². The molecule has 20 heavy (non-hydrogen) atoms. The lowest BCUT2D eigenvalue weighted by Gasteiger charge is -2.22. The predicted octanol–water partition coefficient (Wildman–Crippen LogP) is 5.48. The zero-order valence-corrected chi connectivity index (χ0v) is 14.3. The quantitative estimate of drug-likeness (QED) is 0.662. The fourth-order valence-corrected chi connectivity index (χ4v) is 2.85. The van der Waals surface area contributed by atoms with E-state index in [1.165, 1.54) is 47.9 Å². The molecule has 2 unspecified atom stereocenters. The highest BCUT2D eigenvalue weighted by atomic mass is 14.9. The minimum atomic E-state index is 0.449. The lowest BCUT2D eigenvalue weighted by atomic mass is 9.95. The van der Waals surface area contributed by atoms with E-state index in [1.807, 2.05) is 0 Å². The van der Waals surface area contributed by atoms with Gasteiger partial charge in [0.25, 0.3) is 0 Å². The summed E-state index contributed by atoms with van der Waals surface area (Å²) in [5.41, 5.74) is 5.67. The second-order valence-electron chi connectivity index (χ2n) is 6.34. The second-order valence-corrected chi connectivity index (χ2v) is 6.34. The Balaban J connectivity index is 2.62. The molecule has 0 aliphatic heterocycles. The Morgan fingerprint density at radius 1 is 1.00 bits per heavy atom. The molecule has 0 heterocycles. The van der Waals surface area contributed by atoms with Crippen LogP contribution in [0.2, 0.25) is 0 Å². The van der Waals surface area contributed by atoms with Gasteiger partial charge in [-0.05, 0) is 68.8 Å². The first kappa shape index (κ1) is 17.2. The summed E-state index contributed by atoms with van der Waals surface area (Å²) >= 11 is 0. The van der Waals surface area contributed by atoms with Gasteiger partial charge in [-0.15, -0.1) is 0 Å². The van der Waals surface area contributed by atoms with Gasteiger partial charge in [0.1, 0.15) is 0 Å². The number of rotatable bonds is 8. The molecular formula is C19H33N. The second kappa shape index (κ2) is 8.46. The minimum absolute atomic E-state index is 0.449. The van der Waals surface area contributed by atoms with Crippen molar-refractivity contribution in [3.63, 3.8) is 0 Å². The van der Waals surface area contributed by atoms with E-state index in [4.69, 9.17) is 0 Å². The summed E-state index contributed by atoms with van der Waals surface area (Å²) in [6, 6.07) is 5.12. The third-order valence-corrected chi connectivity index (χ3v) is 4.60. The average molecular weight is 275 g/mol. The Morgan fingerprint density at radius 3 is 2.25 bits per heavy atom. The zero-order valence-electron chi connectivity index (χ0n) is 14.3. The molecule has 114 valence electrons. The van der Waals surface area contributed by atoms with Gasteiger partial charge in [-0.2, -0.15) is 0 Å². The minimum Gasteiger partial charge on any atom is -0.310 e. The van der Waals surface area contributed by atoms with E-state index >= 15 is 0 Å². The van der Waals surface area contributed by atoms with Crippen LogP contribution in [-0.2, 0) is 0 Å². The largest absolute Gasteiger partial charge is 0.310 e. The number of hydrogen-bond donors (Lipinski definition) is 1. The number of benzene rings is 1. The highest BCUT2D eigenvalue weighted by molar-refractivity contribution is 5.37. The van der Waals surface area contributed by atoms with E-state index in [2.05, 4.69) is 59.0 Å². The maximum Gasteiger partial charge on any atom is 0.0294 e. The standard InChI is InChI=1S/C19H33N/c1-7-9-10-18(8-2)13-20-17(6)19-12-15(4)14(3)11-16(19)5/h11-12,17-18,20H,7-10,13H2,1-6H3. The molecule has 0 saturated carbocycles. The van der Waals surface area contributed by atoms with Gasteiger partial charge in [0.2, 0.25) is 0 Å². The fraction of sp³-hybridized carbons (Fsp3) is 0.684. The van der Waals surface area contributed by atoms with E-state index in [-0.39, 0.29) is 0 Å². The van der Waals surface area contributed by atoms with Crippen LogP contribution in [0.4, 0.5) is 0 Å². The highest BCUT2D eigenvalue weighted by Gasteiger charge is 2.12. The van der Waals surface area contributed by atoms with E-state index < -0.39 is 0 Å². The zero-order chi connectivity index (χ0) is 15.1. The van der Waals surface area contributed by atoms with Crippen LogP contribution in [0.5, 0.6) is 0 Å². The van der Waals surface area contributed by atoms with E-state index in [9.17, 15) is 0 Å². The summed E-state index contributed by atoms with van der Waals surface area (Å²) in [6.07, 6.45) is 5.31. The first-order valence-corrected chi connectivity index (χ1v) is 8.30. The van der Waals surface area contributed by atoms with Crippen molar-refractivity contribution in [3.8, 4) is 0 Å². The molecular weight excluding hydrogens is 242 g/mol. The Kier molecular flexibility index (Phi) is 7.29. The monoisotopic (exact) mass is 275 g/mol. The van der Waals surface area contributed by atoms with Crippen molar-refractivity contribution in [2.75, 3.05) is 6.54 Å². The first-order valence-electron chi connectivity index (χ1n) is 8.30. The molecule has 0 spiro atoms. The maximum atomic E-state index is 3.75. The van der Waals surface area contributed by atoms with Gasteiger partial charge >= 0.3 is 0 Å². The molecule has 0 saturated heterocycles. The number of unbranched alkanes of at least 4 members (excludes halogenated alkanes) is 1. The Hall–Kier alpha value is -0.820. The topological polar surface area (TPSA) is 12.0 Å². The van der Waals surface area contributed by atoms with Gasteiger partial charge in [0.15, 0.2) is 0 Å². The molecule has 1 N–H and O–H groups in total.